The molecule has 0 saturated carbocycles. The van der Waals surface area contributed by atoms with E-state index in [2.05, 4.69) is 10.6 Å². The maximum atomic E-state index is 12.5. The summed E-state index contributed by atoms with van der Waals surface area (Å²) in [5.41, 5.74) is 4.49. The summed E-state index contributed by atoms with van der Waals surface area (Å²) in [6.07, 6.45) is 1.20. The molecule has 2 aromatic carbocycles. The molecule has 0 saturated heterocycles. The molecule has 1 aliphatic carbocycles. The molecule has 0 unspecified atom stereocenters. The lowest BCUT2D eigenvalue weighted by Crippen LogP contribution is -2.13. The minimum absolute atomic E-state index is 0.155. The third-order valence-corrected chi connectivity index (χ3v) is 4.70. The van der Waals surface area contributed by atoms with Crippen molar-refractivity contribution in [3.63, 3.8) is 0 Å². The van der Waals surface area contributed by atoms with E-state index in [0.717, 1.165) is 16.8 Å². The van der Waals surface area contributed by atoms with Crippen LogP contribution in [0.5, 0.6) is 0 Å². The molecule has 3 rings (SSSR count). The minimum atomic E-state index is -0.169. The van der Waals surface area contributed by atoms with Gasteiger partial charge in [-0.15, -0.1) is 0 Å². The van der Waals surface area contributed by atoms with Crippen molar-refractivity contribution < 1.29 is 9.59 Å². The molecule has 0 atom stereocenters. The van der Waals surface area contributed by atoms with E-state index in [-0.39, 0.29) is 11.7 Å². The zero-order valence-corrected chi connectivity index (χ0v) is 14.9. The molecular weight excluding hydrogens is 336 g/mol. The van der Waals surface area contributed by atoms with E-state index in [9.17, 15) is 9.59 Å². The van der Waals surface area contributed by atoms with Crippen LogP contribution in [0, 0.1) is 6.92 Å². The molecule has 0 bridgehead atoms. The second-order valence-corrected chi connectivity index (χ2v) is 6.52. The number of benzene rings is 2. The monoisotopic (exact) mass is 354 g/mol. The van der Waals surface area contributed by atoms with Gasteiger partial charge < -0.3 is 10.6 Å². The van der Waals surface area contributed by atoms with Crippen LogP contribution in [0.3, 0.4) is 0 Å². The molecule has 25 heavy (non-hydrogen) atoms. The number of hydrogen-bond donors (Lipinski definition) is 2. The Kier molecular flexibility index (Phi) is 4.91. The van der Waals surface area contributed by atoms with Gasteiger partial charge in [-0.2, -0.15) is 0 Å². The molecule has 1 amide bonds. The largest absolute Gasteiger partial charge is 0.357 e. The van der Waals surface area contributed by atoms with Gasteiger partial charge in [0.1, 0.15) is 0 Å². The van der Waals surface area contributed by atoms with Crippen LogP contribution in [0.25, 0.3) is 0 Å². The third-order valence-electron chi connectivity index (χ3n) is 4.37. The molecule has 4 nitrogen and oxygen atoms in total. The zero-order chi connectivity index (χ0) is 18.0. The quantitative estimate of drug-likeness (QED) is 0.816. The number of aryl methyl sites for hydroxylation is 1. The molecular formula is C20H19ClN2O2. The van der Waals surface area contributed by atoms with E-state index in [4.69, 9.17) is 11.6 Å². The Morgan fingerprint density at radius 2 is 1.84 bits per heavy atom. The van der Waals surface area contributed by atoms with Gasteiger partial charge in [0.15, 0.2) is 5.78 Å². The standard InChI is InChI=1S/C20H19ClN2O2/c1-12-5-3-4-6-15(12)20(25)22-14-7-8-16(21)18(11-14)23-17-9-10-19(24)13(17)2/h3-8,11,23H,9-10H2,1-2H3,(H,22,25). The number of hydrogen-bond acceptors (Lipinski definition) is 3. The molecule has 0 aromatic heterocycles. The number of carbonyl (C=O) groups excluding carboxylic acids is 2. The van der Waals surface area contributed by atoms with Crippen molar-refractivity contribution in [1.29, 1.82) is 0 Å². The predicted molar refractivity (Wildman–Crippen MR) is 101 cm³/mol. The highest BCUT2D eigenvalue weighted by atomic mass is 35.5. The topological polar surface area (TPSA) is 58.2 Å². The number of rotatable bonds is 4. The highest BCUT2D eigenvalue weighted by Crippen LogP contribution is 2.31. The van der Waals surface area contributed by atoms with E-state index < -0.39 is 0 Å². The van der Waals surface area contributed by atoms with Crippen molar-refractivity contribution in [2.75, 3.05) is 10.6 Å². The molecule has 128 valence electrons. The Morgan fingerprint density at radius 1 is 1.08 bits per heavy atom. The summed E-state index contributed by atoms with van der Waals surface area (Å²) in [7, 11) is 0. The maximum Gasteiger partial charge on any atom is 0.255 e. The number of allylic oxidation sites excluding steroid dienone is 2. The van der Waals surface area contributed by atoms with Gasteiger partial charge in [-0.05, 0) is 50.1 Å². The molecule has 0 aliphatic heterocycles. The lowest BCUT2D eigenvalue weighted by Gasteiger charge is -2.13. The summed E-state index contributed by atoms with van der Waals surface area (Å²) in [6.45, 7) is 3.71. The smallest absolute Gasteiger partial charge is 0.255 e. The van der Waals surface area contributed by atoms with E-state index >= 15 is 0 Å². The van der Waals surface area contributed by atoms with Crippen LogP contribution in [-0.4, -0.2) is 11.7 Å². The van der Waals surface area contributed by atoms with Gasteiger partial charge >= 0.3 is 0 Å². The summed E-state index contributed by atoms with van der Waals surface area (Å²) in [4.78, 5) is 24.1. The van der Waals surface area contributed by atoms with Crippen LogP contribution in [0.1, 0.15) is 35.7 Å². The highest BCUT2D eigenvalue weighted by molar-refractivity contribution is 6.33. The number of amides is 1. The third kappa shape index (κ3) is 3.74. The first-order valence-corrected chi connectivity index (χ1v) is 8.50. The Hall–Kier alpha value is -2.59. The van der Waals surface area contributed by atoms with Crippen LogP contribution >= 0.6 is 11.6 Å². The summed E-state index contributed by atoms with van der Waals surface area (Å²) in [5.74, 6) is -0.0135. The Labute approximate surface area is 151 Å². The molecule has 0 heterocycles. The lowest BCUT2D eigenvalue weighted by molar-refractivity contribution is -0.114. The van der Waals surface area contributed by atoms with Gasteiger partial charge in [-0.1, -0.05) is 29.8 Å². The SMILES string of the molecule is CC1=C(Nc2cc(NC(=O)c3ccccc3C)ccc2Cl)CCC1=O. The molecule has 1 aliphatic rings. The Balaban J connectivity index is 1.81. The van der Waals surface area contributed by atoms with Gasteiger partial charge in [0.05, 0.1) is 10.7 Å². The summed E-state index contributed by atoms with van der Waals surface area (Å²) in [6, 6.07) is 12.7. The molecule has 0 radical (unpaired) electrons. The van der Waals surface area contributed by atoms with Gasteiger partial charge in [-0.25, -0.2) is 0 Å². The van der Waals surface area contributed by atoms with Crippen molar-refractivity contribution in [3.8, 4) is 0 Å². The molecule has 2 N–H and O–H groups in total. The van der Waals surface area contributed by atoms with Gasteiger partial charge in [0.25, 0.3) is 5.91 Å². The van der Waals surface area contributed by atoms with Crippen molar-refractivity contribution in [3.05, 3.63) is 69.9 Å². The fourth-order valence-corrected chi connectivity index (χ4v) is 2.99. The first-order valence-electron chi connectivity index (χ1n) is 8.12. The fraction of sp³-hybridized carbons (Fsp3) is 0.200. The van der Waals surface area contributed by atoms with Crippen molar-refractivity contribution in [2.45, 2.75) is 26.7 Å². The number of halogens is 1. The van der Waals surface area contributed by atoms with Gasteiger partial charge in [0.2, 0.25) is 0 Å². The van der Waals surface area contributed by atoms with Crippen molar-refractivity contribution >= 4 is 34.7 Å². The van der Waals surface area contributed by atoms with Crippen LogP contribution in [-0.2, 0) is 4.79 Å². The van der Waals surface area contributed by atoms with Crippen LogP contribution < -0.4 is 10.6 Å². The fourth-order valence-electron chi connectivity index (χ4n) is 2.83. The van der Waals surface area contributed by atoms with Gasteiger partial charge in [0, 0.05) is 28.9 Å². The highest BCUT2D eigenvalue weighted by Gasteiger charge is 2.20. The van der Waals surface area contributed by atoms with E-state index in [1.807, 2.05) is 32.0 Å². The number of ketones is 1. The average molecular weight is 355 g/mol. The van der Waals surface area contributed by atoms with Crippen LogP contribution in [0.4, 0.5) is 11.4 Å². The maximum absolute atomic E-state index is 12.5. The molecule has 0 spiro atoms. The predicted octanol–water partition coefficient (Wildman–Crippen LogP) is 4.95. The summed E-state index contributed by atoms with van der Waals surface area (Å²) < 4.78 is 0. The number of nitrogens with one attached hydrogen (secondary N) is 2. The average Bonchev–Trinajstić information content (AvgIpc) is 2.90. The van der Waals surface area contributed by atoms with Crippen LogP contribution in [0.2, 0.25) is 5.02 Å². The first-order chi connectivity index (χ1) is 12.0. The summed E-state index contributed by atoms with van der Waals surface area (Å²) in [5, 5.41) is 6.66. The number of anilines is 2. The van der Waals surface area contributed by atoms with Crippen LogP contribution in [0.15, 0.2) is 53.7 Å². The molecule has 2 aromatic rings. The van der Waals surface area contributed by atoms with E-state index in [1.165, 1.54) is 0 Å². The molecule has 0 fully saturated rings. The first kappa shape index (κ1) is 17.2. The number of carbonyl (C=O) groups is 2. The van der Waals surface area contributed by atoms with E-state index in [1.54, 1.807) is 24.3 Å². The molecule has 5 heteroatoms. The van der Waals surface area contributed by atoms with E-state index in [0.29, 0.717) is 34.8 Å². The van der Waals surface area contributed by atoms with Gasteiger partial charge in [-0.3, -0.25) is 9.59 Å². The van der Waals surface area contributed by atoms with Crippen molar-refractivity contribution in [1.82, 2.24) is 0 Å². The number of Topliss-reactive ketones (excluding diaryl/α,β-unsaturated/α-hetero) is 1. The lowest BCUT2D eigenvalue weighted by atomic mass is 10.1. The second-order valence-electron chi connectivity index (χ2n) is 6.12. The Morgan fingerprint density at radius 3 is 2.52 bits per heavy atom. The minimum Gasteiger partial charge on any atom is -0.357 e. The van der Waals surface area contributed by atoms with Crippen molar-refractivity contribution in [2.24, 2.45) is 0 Å². The second kappa shape index (κ2) is 7.11. The summed E-state index contributed by atoms with van der Waals surface area (Å²) >= 11 is 6.25. The Bertz CT molecular complexity index is 887. The normalized spacial score (nSPS) is 14.0. The zero-order valence-electron chi connectivity index (χ0n) is 14.2.